The molecule has 6 nitrogen and oxygen atoms in total. The van der Waals surface area contributed by atoms with Crippen LogP contribution < -0.4 is 10.2 Å². The van der Waals surface area contributed by atoms with E-state index in [2.05, 4.69) is 15.2 Å². The summed E-state index contributed by atoms with van der Waals surface area (Å²) in [6, 6.07) is 7.97. The number of esters is 1. The molecule has 2 N–H and O–H groups in total. The Hall–Kier alpha value is -2.67. The van der Waals surface area contributed by atoms with E-state index in [1.165, 1.54) is 19.2 Å². The minimum Gasteiger partial charge on any atom is -0.465 e. The lowest BCUT2D eigenvalue weighted by Crippen LogP contribution is -2.36. The number of carbonyl (C=O) groups excluding carboxylic acids is 1. The van der Waals surface area contributed by atoms with Crippen LogP contribution in [0, 0.1) is 12.7 Å². The maximum absolute atomic E-state index is 14.0. The van der Waals surface area contributed by atoms with Crippen LogP contribution in [0.4, 0.5) is 15.9 Å². The van der Waals surface area contributed by atoms with Gasteiger partial charge in [-0.15, -0.1) is 0 Å². The van der Waals surface area contributed by atoms with Crippen molar-refractivity contribution < 1.29 is 19.0 Å². The number of nitrogens with zero attached hydrogens (tertiary/aromatic N) is 2. The standard InChI is InChI=1S/C21H26FN3O3/c1-13-17(21(27)28-3)5-7-20(23-13)24-14(2)18-12-15(22)4-6-19(18)25-10-8-16(26)9-11-25/h4-7,12,14,16,26H,8-11H2,1-3H3,(H,23,24). The second-order valence-corrected chi connectivity index (χ2v) is 7.11. The predicted octanol–water partition coefficient (Wildman–Crippen LogP) is 3.45. The van der Waals surface area contributed by atoms with Crippen LogP contribution in [-0.2, 0) is 4.74 Å². The molecule has 1 atom stereocenters. The van der Waals surface area contributed by atoms with Gasteiger partial charge in [0.1, 0.15) is 11.6 Å². The van der Waals surface area contributed by atoms with E-state index >= 15 is 0 Å². The van der Waals surface area contributed by atoms with Crippen molar-refractivity contribution in [1.29, 1.82) is 0 Å². The second kappa shape index (κ2) is 8.56. The second-order valence-electron chi connectivity index (χ2n) is 7.11. The first-order valence-electron chi connectivity index (χ1n) is 9.44. The number of nitrogens with one attached hydrogen (secondary N) is 1. The van der Waals surface area contributed by atoms with Crippen LogP contribution >= 0.6 is 0 Å². The van der Waals surface area contributed by atoms with Gasteiger partial charge in [-0.25, -0.2) is 14.2 Å². The molecule has 1 aromatic heterocycles. The smallest absolute Gasteiger partial charge is 0.339 e. The fraction of sp³-hybridized carbons (Fsp3) is 0.429. The first-order valence-corrected chi connectivity index (χ1v) is 9.44. The summed E-state index contributed by atoms with van der Waals surface area (Å²) in [7, 11) is 1.33. The zero-order valence-electron chi connectivity index (χ0n) is 16.4. The number of methoxy groups -OCH3 is 1. The normalized spacial score (nSPS) is 16.0. The predicted molar refractivity (Wildman–Crippen MR) is 106 cm³/mol. The molecule has 150 valence electrons. The van der Waals surface area contributed by atoms with Crippen molar-refractivity contribution in [3.8, 4) is 0 Å². The molecular formula is C21H26FN3O3. The van der Waals surface area contributed by atoms with Crippen LogP contribution in [0.2, 0.25) is 0 Å². The average Bonchev–Trinajstić information content (AvgIpc) is 2.68. The molecule has 0 amide bonds. The summed E-state index contributed by atoms with van der Waals surface area (Å²) < 4.78 is 18.7. The quantitative estimate of drug-likeness (QED) is 0.766. The number of benzene rings is 1. The largest absolute Gasteiger partial charge is 0.465 e. The highest BCUT2D eigenvalue weighted by atomic mass is 19.1. The fourth-order valence-corrected chi connectivity index (χ4v) is 3.53. The molecule has 0 aliphatic carbocycles. The molecule has 2 aromatic rings. The Morgan fingerprint density at radius 3 is 2.68 bits per heavy atom. The van der Waals surface area contributed by atoms with Crippen molar-refractivity contribution in [2.24, 2.45) is 0 Å². The lowest BCUT2D eigenvalue weighted by molar-refractivity contribution is 0.0599. The summed E-state index contributed by atoms with van der Waals surface area (Å²) in [5.74, 6) is -0.124. The molecule has 1 aliphatic rings. The molecule has 1 saturated heterocycles. The van der Waals surface area contributed by atoms with Gasteiger partial charge in [0, 0.05) is 24.3 Å². The first-order chi connectivity index (χ1) is 13.4. The highest BCUT2D eigenvalue weighted by Crippen LogP contribution is 2.31. The van der Waals surface area contributed by atoms with E-state index < -0.39 is 5.97 Å². The SMILES string of the molecule is COC(=O)c1ccc(NC(C)c2cc(F)ccc2N2CCC(O)CC2)nc1C. The van der Waals surface area contributed by atoms with E-state index in [1.54, 1.807) is 25.1 Å². The number of hydrogen-bond acceptors (Lipinski definition) is 6. The highest BCUT2D eigenvalue weighted by Gasteiger charge is 2.22. The number of aryl methyl sites for hydroxylation is 1. The third-order valence-corrected chi connectivity index (χ3v) is 5.12. The summed E-state index contributed by atoms with van der Waals surface area (Å²) >= 11 is 0. The molecule has 1 aliphatic heterocycles. The van der Waals surface area contributed by atoms with E-state index in [0.717, 1.165) is 24.3 Å². The minimum atomic E-state index is -0.427. The van der Waals surface area contributed by atoms with E-state index in [4.69, 9.17) is 4.74 Å². The van der Waals surface area contributed by atoms with Gasteiger partial charge in [0.25, 0.3) is 0 Å². The Kier molecular flexibility index (Phi) is 6.14. The van der Waals surface area contributed by atoms with E-state index in [9.17, 15) is 14.3 Å². The Morgan fingerprint density at radius 2 is 2.04 bits per heavy atom. The molecule has 28 heavy (non-hydrogen) atoms. The van der Waals surface area contributed by atoms with Crippen LogP contribution in [0.15, 0.2) is 30.3 Å². The lowest BCUT2D eigenvalue weighted by Gasteiger charge is -2.34. The van der Waals surface area contributed by atoms with Crippen LogP contribution in [0.3, 0.4) is 0 Å². The van der Waals surface area contributed by atoms with Crippen LogP contribution in [0.1, 0.15) is 47.4 Å². The van der Waals surface area contributed by atoms with Crippen LogP contribution in [-0.4, -0.2) is 42.4 Å². The van der Waals surface area contributed by atoms with Gasteiger partial charge < -0.3 is 20.1 Å². The van der Waals surface area contributed by atoms with Gasteiger partial charge in [-0.3, -0.25) is 0 Å². The molecule has 0 radical (unpaired) electrons. The summed E-state index contributed by atoms with van der Waals surface area (Å²) in [5, 5.41) is 13.0. The van der Waals surface area contributed by atoms with E-state index in [0.29, 0.717) is 29.9 Å². The topological polar surface area (TPSA) is 74.7 Å². The molecule has 1 unspecified atom stereocenters. The number of hydrogen-bond donors (Lipinski definition) is 2. The monoisotopic (exact) mass is 387 g/mol. The number of piperidine rings is 1. The first kappa shape index (κ1) is 20.1. The number of halogens is 1. The van der Waals surface area contributed by atoms with Gasteiger partial charge in [0.2, 0.25) is 0 Å². The minimum absolute atomic E-state index is 0.201. The molecule has 2 heterocycles. The van der Waals surface area contributed by atoms with Gasteiger partial charge in [0.05, 0.1) is 30.5 Å². The maximum atomic E-state index is 14.0. The molecule has 1 aromatic carbocycles. The maximum Gasteiger partial charge on any atom is 0.339 e. The Balaban J connectivity index is 1.82. The van der Waals surface area contributed by atoms with Gasteiger partial charge in [-0.2, -0.15) is 0 Å². The van der Waals surface area contributed by atoms with E-state index in [1.807, 2.05) is 6.92 Å². The van der Waals surface area contributed by atoms with Crippen molar-refractivity contribution in [1.82, 2.24) is 4.98 Å². The highest BCUT2D eigenvalue weighted by molar-refractivity contribution is 5.90. The fourth-order valence-electron chi connectivity index (χ4n) is 3.53. The van der Waals surface area contributed by atoms with Crippen molar-refractivity contribution in [2.45, 2.75) is 38.8 Å². The van der Waals surface area contributed by atoms with Gasteiger partial charge >= 0.3 is 5.97 Å². The lowest BCUT2D eigenvalue weighted by atomic mass is 10.0. The zero-order chi connectivity index (χ0) is 20.3. The third-order valence-electron chi connectivity index (χ3n) is 5.12. The molecule has 0 bridgehead atoms. The number of aliphatic hydroxyl groups excluding tert-OH is 1. The van der Waals surface area contributed by atoms with Crippen molar-refractivity contribution >= 4 is 17.5 Å². The van der Waals surface area contributed by atoms with Crippen molar-refractivity contribution in [2.75, 3.05) is 30.4 Å². The van der Waals surface area contributed by atoms with Gasteiger partial charge in [0.15, 0.2) is 0 Å². The molecule has 7 heteroatoms. The van der Waals surface area contributed by atoms with E-state index in [-0.39, 0.29) is 18.0 Å². The van der Waals surface area contributed by atoms with Gasteiger partial charge in [-0.1, -0.05) is 0 Å². The number of ether oxygens (including phenoxy) is 1. The average molecular weight is 387 g/mol. The number of aliphatic hydroxyl groups is 1. The summed E-state index contributed by atoms with van der Waals surface area (Å²) in [5.41, 5.74) is 2.76. The Morgan fingerprint density at radius 1 is 1.32 bits per heavy atom. The third kappa shape index (κ3) is 4.42. The van der Waals surface area contributed by atoms with Crippen LogP contribution in [0.25, 0.3) is 0 Å². The number of anilines is 2. The molecule has 0 saturated carbocycles. The van der Waals surface area contributed by atoms with Crippen molar-refractivity contribution in [3.05, 3.63) is 53.0 Å². The molecule has 1 fully saturated rings. The summed E-state index contributed by atoms with van der Waals surface area (Å²) in [6.45, 7) is 5.16. The number of pyridine rings is 1. The Labute approximate surface area is 164 Å². The molecule has 0 spiro atoms. The summed E-state index contributed by atoms with van der Waals surface area (Å²) in [6.07, 6.45) is 1.14. The number of aromatic nitrogens is 1. The number of rotatable bonds is 5. The van der Waals surface area contributed by atoms with Crippen molar-refractivity contribution in [3.63, 3.8) is 0 Å². The summed E-state index contributed by atoms with van der Waals surface area (Å²) in [4.78, 5) is 18.3. The number of carbonyl (C=O) groups is 1. The molecule has 3 rings (SSSR count). The zero-order valence-corrected chi connectivity index (χ0v) is 16.4. The Bertz CT molecular complexity index is 851. The van der Waals surface area contributed by atoms with Crippen LogP contribution in [0.5, 0.6) is 0 Å². The van der Waals surface area contributed by atoms with Gasteiger partial charge in [-0.05, 0) is 57.0 Å². The molecular weight excluding hydrogens is 361 g/mol.